The van der Waals surface area contributed by atoms with Gasteiger partial charge in [-0.25, -0.2) is 4.79 Å². The van der Waals surface area contributed by atoms with E-state index in [9.17, 15) is 14.4 Å². The molecular formula is C25H30ClN3O5. The summed E-state index contributed by atoms with van der Waals surface area (Å²) in [6, 6.07) is 14.1. The average molecular weight is 488 g/mol. The van der Waals surface area contributed by atoms with Crippen LogP contribution in [0.25, 0.3) is 0 Å². The minimum Gasteiger partial charge on any atom is -0.491 e. The SMILES string of the molecule is COC(=O)[C@@H](C)CN1C(=O)CC(Nc2ccc(OC(C)C)cc2)N(Cc2ccc(Cl)cc2)C1=O. The van der Waals surface area contributed by atoms with Crippen LogP contribution in [0, 0.1) is 5.92 Å². The van der Waals surface area contributed by atoms with Crippen LogP contribution < -0.4 is 10.1 Å². The molecule has 9 heteroatoms. The summed E-state index contributed by atoms with van der Waals surface area (Å²) in [6.45, 7) is 5.74. The van der Waals surface area contributed by atoms with E-state index in [1.54, 1.807) is 24.0 Å². The molecule has 1 fully saturated rings. The first kappa shape index (κ1) is 25.4. The van der Waals surface area contributed by atoms with E-state index < -0.39 is 24.1 Å². The normalized spacial score (nSPS) is 17.1. The van der Waals surface area contributed by atoms with Gasteiger partial charge in [-0.05, 0) is 55.8 Å². The number of nitrogens with zero attached hydrogens (tertiary/aromatic N) is 2. The van der Waals surface area contributed by atoms with Gasteiger partial charge in [0.25, 0.3) is 0 Å². The predicted molar refractivity (Wildman–Crippen MR) is 130 cm³/mol. The third-order valence-corrected chi connectivity index (χ3v) is 5.66. The molecule has 2 aromatic carbocycles. The van der Waals surface area contributed by atoms with Crippen LogP contribution in [-0.4, -0.2) is 53.6 Å². The predicted octanol–water partition coefficient (Wildman–Crippen LogP) is 4.53. The highest BCUT2D eigenvalue weighted by molar-refractivity contribution is 6.30. The van der Waals surface area contributed by atoms with Gasteiger partial charge in [0, 0.05) is 23.8 Å². The fourth-order valence-electron chi connectivity index (χ4n) is 3.70. The van der Waals surface area contributed by atoms with Crippen LogP contribution in [0.3, 0.4) is 0 Å². The lowest BCUT2D eigenvalue weighted by atomic mass is 10.1. The third kappa shape index (κ3) is 6.41. The number of ether oxygens (including phenoxy) is 2. The van der Waals surface area contributed by atoms with Gasteiger partial charge in [0.05, 0.1) is 25.6 Å². The smallest absolute Gasteiger partial charge is 0.328 e. The van der Waals surface area contributed by atoms with Crippen LogP contribution in [0.4, 0.5) is 10.5 Å². The van der Waals surface area contributed by atoms with Gasteiger partial charge in [-0.1, -0.05) is 30.7 Å². The van der Waals surface area contributed by atoms with E-state index in [0.717, 1.165) is 21.9 Å². The van der Waals surface area contributed by atoms with E-state index >= 15 is 0 Å². The first-order valence-electron chi connectivity index (χ1n) is 11.1. The van der Waals surface area contributed by atoms with Crippen molar-refractivity contribution >= 4 is 35.2 Å². The number of methoxy groups -OCH3 is 1. The summed E-state index contributed by atoms with van der Waals surface area (Å²) in [7, 11) is 1.28. The molecule has 1 saturated heterocycles. The van der Waals surface area contributed by atoms with Gasteiger partial charge in [0.1, 0.15) is 11.9 Å². The molecule has 0 spiro atoms. The van der Waals surface area contributed by atoms with Crippen molar-refractivity contribution in [3.63, 3.8) is 0 Å². The molecule has 0 saturated carbocycles. The van der Waals surface area contributed by atoms with Crippen molar-refractivity contribution in [1.29, 1.82) is 0 Å². The quantitative estimate of drug-likeness (QED) is 0.523. The molecule has 34 heavy (non-hydrogen) atoms. The second kappa shape index (κ2) is 11.2. The molecule has 0 radical (unpaired) electrons. The maximum atomic E-state index is 13.4. The zero-order chi connectivity index (χ0) is 24.8. The number of nitrogens with one attached hydrogen (secondary N) is 1. The van der Waals surface area contributed by atoms with Crippen LogP contribution in [0.15, 0.2) is 48.5 Å². The number of benzene rings is 2. The Kier molecular flexibility index (Phi) is 8.39. The lowest BCUT2D eigenvalue weighted by Gasteiger charge is -2.41. The lowest BCUT2D eigenvalue weighted by molar-refractivity contribution is -0.146. The summed E-state index contributed by atoms with van der Waals surface area (Å²) in [4.78, 5) is 40.9. The monoisotopic (exact) mass is 487 g/mol. The fourth-order valence-corrected chi connectivity index (χ4v) is 3.82. The number of rotatable bonds is 9. The Balaban J connectivity index is 1.83. The van der Waals surface area contributed by atoms with Crippen LogP contribution in [0.2, 0.25) is 5.02 Å². The standard InChI is InChI=1S/C25H30ClN3O5/c1-16(2)34-21-11-9-20(10-12-21)27-22-13-23(30)29(14-17(3)24(31)33-4)25(32)28(22)15-18-5-7-19(26)8-6-18/h5-12,16-17,22,27H,13-15H2,1-4H3/t17-,22?/m0/s1. The fraction of sp³-hybridized carbons (Fsp3) is 0.400. The number of hydrogen-bond acceptors (Lipinski definition) is 6. The van der Waals surface area contributed by atoms with Crippen molar-refractivity contribution in [2.24, 2.45) is 5.92 Å². The molecule has 1 aliphatic rings. The van der Waals surface area contributed by atoms with E-state index in [1.807, 2.05) is 50.2 Å². The van der Waals surface area contributed by atoms with Gasteiger partial charge < -0.3 is 14.8 Å². The van der Waals surface area contributed by atoms with Gasteiger partial charge in [-0.15, -0.1) is 0 Å². The highest BCUT2D eigenvalue weighted by atomic mass is 35.5. The molecular weight excluding hydrogens is 458 g/mol. The number of anilines is 1. The summed E-state index contributed by atoms with van der Waals surface area (Å²) < 4.78 is 10.4. The summed E-state index contributed by atoms with van der Waals surface area (Å²) in [5.41, 5.74) is 1.61. The molecule has 1 aliphatic heterocycles. The topological polar surface area (TPSA) is 88.2 Å². The van der Waals surface area contributed by atoms with Gasteiger partial charge in [0.2, 0.25) is 5.91 Å². The summed E-state index contributed by atoms with van der Waals surface area (Å²) >= 11 is 6.01. The molecule has 2 aromatic rings. The van der Waals surface area contributed by atoms with Crippen molar-refractivity contribution < 1.29 is 23.9 Å². The van der Waals surface area contributed by atoms with Crippen molar-refractivity contribution in [2.45, 2.75) is 46.0 Å². The maximum Gasteiger partial charge on any atom is 0.328 e. The molecule has 0 aliphatic carbocycles. The zero-order valence-electron chi connectivity index (χ0n) is 19.8. The highest BCUT2D eigenvalue weighted by Gasteiger charge is 2.40. The first-order chi connectivity index (χ1) is 16.2. The number of imide groups is 1. The Morgan fingerprint density at radius 3 is 2.32 bits per heavy atom. The van der Waals surface area contributed by atoms with E-state index in [-0.39, 0.29) is 31.5 Å². The number of amides is 3. The summed E-state index contributed by atoms with van der Waals surface area (Å²) in [5.74, 6) is -0.732. The van der Waals surface area contributed by atoms with Gasteiger partial charge in [-0.2, -0.15) is 0 Å². The number of carbonyl (C=O) groups excluding carboxylic acids is 3. The largest absolute Gasteiger partial charge is 0.491 e. The molecule has 3 amide bonds. The summed E-state index contributed by atoms with van der Waals surface area (Å²) in [5, 5.41) is 3.89. The second-order valence-electron chi connectivity index (χ2n) is 8.52. The third-order valence-electron chi connectivity index (χ3n) is 5.41. The Labute approximate surface area is 204 Å². The number of esters is 1. The molecule has 0 bridgehead atoms. The maximum absolute atomic E-state index is 13.4. The average Bonchev–Trinajstić information content (AvgIpc) is 2.80. The van der Waals surface area contributed by atoms with Crippen LogP contribution in [0.1, 0.15) is 32.8 Å². The minimum absolute atomic E-state index is 0.0462. The lowest BCUT2D eigenvalue weighted by Crippen LogP contribution is -2.59. The van der Waals surface area contributed by atoms with Gasteiger partial charge in [-0.3, -0.25) is 19.4 Å². The molecule has 1 heterocycles. The molecule has 0 aromatic heterocycles. The van der Waals surface area contributed by atoms with Crippen LogP contribution >= 0.6 is 11.6 Å². The zero-order valence-corrected chi connectivity index (χ0v) is 20.5. The van der Waals surface area contributed by atoms with E-state index in [2.05, 4.69) is 5.32 Å². The Morgan fingerprint density at radius 1 is 1.09 bits per heavy atom. The van der Waals surface area contributed by atoms with E-state index in [1.165, 1.54) is 7.11 Å². The van der Waals surface area contributed by atoms with Gasteiger partial charge >= 0.3 is 12.0 Å². The summed E-state index contributed by atoms with van der Waals surface area (Å²) in [6.07, 6.45) is -0.463. The highest BCUT2D eigenvalue weighted by Crippen LogP contribution is 2.25. The first-order valence-corrected chi connectivity index (χ1v) is 11.5. The molecule has 3 rings (SSSR count). The Morgan fingerprint density at radius 2 is 1.74 bits per heavy atom. The Hall–Kier alpha value is -3.26. The molecule has 1 N–H and O–H groups in total. The van der Waals surface area contributed by atoms with E-state index in [0.29, 0.717) is 5.02 Å². The molecule has 8 nitrogen and oxygen atoms in total. The second-order valence-corrected chi connectivity index (χ2v) is 8.96. The number of urea groups is 1. The number of hydrogen-bond donors (Lipinski definition) is 1. The molecule has 2 atom stereocenters. The van der Waals surface area contributed by atoms with Gasteiger partial charge in [0.15, 0.2) is 0 Å². The van der Waals surface area contributed by atoms with Crippen molar-refractivity contribution in [3.05, 3.63) is 59.1 Å². The number of halogens is 1. The molecule has 1 unspecified atom stereocenters. The number of carbonyl (C=O) groups is 3. The van der Waals surface area contributed by atoms with E-state index in [4.69, 9.17) is 21.1 Å². The molecule has 182 valence electrons. The van der Waals surface area contributed by atoms with Crippen LogP contribution in [-0.2, 0) is 20.9 Å². The van der Waals surface area contributed by atoms with Crippen molar-refractivity contribution in [3.8, 4) is 5.75 Å². The Bertz CT molecular complexity index is 1010. The van der Waals surface area contributed by atoms with Crippen molar-refractivity contribution in [1.82, 2.24) is 9.80 Å². The minimum atomic E-state index is -0.631. The van der Waals surface area contributed by atoms with Crippen molar-refractivity contribution in [2.75, 3.05) is 19.0 Å². The van der Waals surface area contributed by atoms with Crippen LogP contribution in [0.5, 0.6) is 5.75 Å².